The normalized spacial score (nSPS) is 27.8. The van der Waals surface area contributed by atoms with Crippen LogP contribution in [0.1, 0.15) is 61.4 Å². The molecule has 198 valence electrons. The summed E-state index contributed by atoms with van der Waals surface area (Å²) in [6, 6.07) is 4.04. The van der Waals surface area contributed by atoms with Crippen LogP contribution in [0.15, 0.2) is 24.7 Å². The lowest BCUT2D eigenvalue weighted by atomic mass is 9.61. The van der Waals surface area contributed by atoms with Crippen LogP contribution in [0.5, 0.6) is 0 Å². The van der Waals surface area contributed by atoms with Gasteiger partial charge in [0.1, 0.15) is 12.1 Å². The van der Waals surface area contributed by atoms with Gasteiger partial charge in [0, 0.05) is 62.6 Å². The SMILES string of the molecule is O=C(N1CC(c2ccc(N3CCC(O)(C(F)(F)F)C3)nc2)C1)N1CC2(CC(n3cnc(C4CC4)n3)C2)C1. The van der Waals surface area contributed by atoms with E-state index in [0.717, 1.165) is 37.3 Å². The quantitative estimate of drug-likeness (QED) is 0.671. The molecule has 0 aromatic carbocycles. The van der Waals surface area contributed by atoms with E-state index in [4.69, 9.17) is 0 Å². The molecule has 2 aromatic heterocycles. The largest absolute Gasteiger partial charge is 0.418 e. The summed E-state index contributed by atoms with van der Waals surface area (Å²) >= 11 is 0. The molecule has 2 amide bonds. The number of rotatable bonds is 4. The predicted molar refractivity (Wildman–Crippen MR) is 126 cm³/mol. The van der Waals surface area contributed by atoms with Gasteiger partial charge in [-0.05, 0) is 37.3 Å². The van der Waals surface area contributed by atoms with Crippen LogP contribution in [0.2, 0.25) is 0 Å². The fourth-order valence-corrected chi connectivity index (χ4v) is 6.37. The molecule has 1 spiro atoms. The maximum absolute atomic E-state index is 13.1. The van der Waals surface area contributed by atoms with Crippen LogP contribution in [0, 0.1) is 5.41 Å². The summed E-state index contributed by atoms with van der Waals surface area (Å²) in [5.74, 6) is 2.14. The average Bonchev–Trinajstić information content (AvgIpc) is 3.36. The highest BCUT2D eigenvalue weighted by molar-refractivity contribution is 5.77. The van der Waals surface area contributed by atoms with Crippen molar-refractivity contribution >= 4 is 11.8 Å². The van der Waals surface area contributed by atoms with E-state index in [-0.39, 0.29) is 30.3 Å². The van der Waals surface area contributed by atoms with Crippen molar-refractivity contribution in [2.24, 2.45) is 5.41 Å². The maximum Gasteiger partial charge on any atom is 0.418 e. The van der Waals surface area contributed by atoms with Gasteiger partial charge in [0.25, 0.3) is 0 Å². The number of aromatic nitrogens is 4. The van der Waals surface area contributed by atoms with Crippen molar-refractivity contribution in [3.63, 3.8) is 0 Å². The molecule has 1 N–H and O–H groups in total. The Morgan fingerprint density at radius 2 is 1.78 bits per heavy atom. The Bertz CT molecular complexity index is 1190. The third-order valence-corrected chi connectivity index (χ3v) is 9.00. The fraction of sp³-hybridized carbons (Fsp3) is 0.680. The number of amides is 2. The summed E-state index contributed by atoms with van der Waals surface area (Å²) in [6.07, 6.45) is 3.01. The number of pyridine rings is 1. The first-order valence-electron chi connectivity index (χ1n) is 13.1. The van der Waals surface area contributed by atoms with Gasteiger partial charge in [-0.2, -0.15) is 18.3 Å². The summed E-state index contributed by atoms with van der Waals surface area (Å²) in [5.41, 5.74) is -1.49. The molecular formula is C25H30F3N7O2. The van der Waals surface area contributed by atoms with Gasteiger partial charge in [-0.1, -0.05) is 6.07 Å². The van der Waals surface area contributed by atoms with Crippen molar-refractivity contribution in [1.29, 1.82) is 0 Å². The van der Waals surface area contributed by atoms with Crippen LogP contribution in [-0.4, -0.2) is 91.7 Å². The number of hydrogen-bond acceptors (Lipinski definition) is 6. The highest BCUT2D eigenvalue weighted by atomic mass is 19.4. The summed E-state index contributed by atoms with van der Waals surface area (Å²) in [7, 11) is 0. The molecule has 37 heavy (non-hydrogen) atoms. The number of hydrogen-bond donors (Lipinski definition) is 1. The average molecular weight is 518 g/mol. The molecule has 2 aromatic rings. The first kappa shape index (κ1) is 23.2. The molecule has 5 aliphatic rings. The van der Waals surface area contributed by atoms with Crippen molar-refractivity contribution in [1.82, 2.24) is 29.5 Å². The summed E-state index contributed by atoms with van der Waals surface area (Å²) < 4.78 is 41.3. The number of urea groups is 1. The molecular weight excluding hydrogens is 487 g/mol. The van der Waals surface area contributed by atoms with Crippen molar-refractivity contribution in [3.05, 3.63) is 36.0 Å². The Balaban J connectivity index is 0.872. The van der Waals surface area contributed by atoms with Crippen molar-refractivity contribution in [2.75, 3.05) is 44.2 Å². The minimum atomic E-state index is -4.66. The zero-order chi connectivity index (χ0) is 25.6. The Kier molecular flexibility index (Phi) is 4.91. The predicted octanol–water partition coefficient (Wildman–Crippen LogP) is 2.91. The van der Waals surface area contributed by atoms with Gasteiger partial charge in [-0.25, -0.2) is 19.4 Å². The number of likely N-dealkylation sites (tertiary alicyclic amines) is 2. The van der Waals surface area contributed by atoms with Crippen molar-refractivity contribution in [3.8, 4) is 0 Å². The number of nitrogens with zero attached hydrogens (tertiary/aromatic N) is 7. The van der Waals surface area contributed by atoms with Crippen LogP contribution < -0.4 is 4.90 Å². The Labute approximate surface area is 212 Å². The Hall–Kier alpha value is -2.89. The lowest BCUT2D eigenvalue weighted by molar-refractivity contribution is -0.250. The second-order valence-corrected chi connectivity index (χ2v) is 11.8. The molecule has 7 rings (SSSR count). The van der Waals surface area contributed by atoms with Crippen LogP contribution in [0.25, 0.3) is 0 Å². The smallest absolute Gasteiger partial charge is 0.379 e. The number of β-amino-alcohol motifs (C(OH)–C–C–N with tert-alkyl or cyclic N) is 1. The lowest BCUT2D eigenvalue weighted by Crippen LogP contribution is -2.67. The molecule has 5 heterocycles. The molecule has 5 fully saturated rings. The Morgan fingerprint density at radius 1 is 1.03 bits per heavy atom. The zero-order valence-electron chi connectivity index (χ0n) is 20.4. The maximum atomic E-state index is 13.1. The van der Waals surface area contributed by atoms with E-state index in [0.29, 0.717) is 30.9 Å². The van der Waals surface area contributed by atoms with E-state index in [1.54, 1.807) is 12.3 Å². The fourth-order valence-electron chi connectivity index (χ4n) is 6.37. The summed E-state index contributed by atoms with van der Waals surface area (Å²) in [6.45, 7) is 2.42. The number of alkyl halides is 3. The Morgan fingerprint density at radius 3 is 2.41 bits per heavy atom. The van der Waals surface area contributed by atoms with E-state index in [9.17, 15) is 23.1 Å². The number of halogens is 3. The molecule has 12 heteroatoms. The number of aliphatic hydroxyl groups is 1. The molecule has 2 aliphatic carbocycles. The van der Waals surface area contributed by atoms with Gasteiger partial charge in [0.15, 0.2) is 11.4 Å². The summed E-state index contributed by atoms with van der Waals surface area (Å²) in [5, 5.41) is 14.6. The van der Waals surface area contributed by atoms with Crippen molar-refractivity contribution in [2.45, 2.75) is 61.8 Å². The van der Waals surface area contributed by atoms with Crippen LogP contribution >= 0.6 is 0 Å². The second kappa shape index (κ2) is 7.81. The minimum Gasteiger partial charge on any atom is -0.379 e. The van der Waals surface area contributed by atoms with E-state index in [1.165, 1.54) is 17.7 Å². The molecule has 0 bridgehead atoms. The first-order chi connectivity index (χ1) is 17.6. The van der Waals surface area contributed by atoms with E-state index >= 15 is 0 Å². The second-order valence-electron chi connectivity index (χ2n) is 11.8. The first-order valence-corrected chi connectivity index (χ1v) is 13.1. The minimum absolute atomic E-state index is 0.0789. The molecule has 0 radical (unpaired) electrons. The molecule has 2 saturated carbocycles. The van der Waals surface area contributed by atoms with E-state index in [2.05, 4.69) is 15.1 Å². The topological polar surface area (TPSA) is 90.6 Å². The third kappa shape index (κ3) is 3.86. The van der Waals surface area contributed by atoms with E-state index < -0.39 is 18.3 Å². The zero-order valence-corrected chi connectivity index (χ0v) is 20.4. The van der Waals surface area contributed by atoms with Gasteiger partial charge >= 0.3 is 12.2 Å². The number of carbonyl (C=O) groups excluding carboxylic acids is 1. The van der Waals surface area contributed by atoms with Crippen LogP contribution in [0.3, 0.4) is 0 Å². The van der Waals surface area contributed by atoms with Crippen LogP contribution in [0.4, 0.5) is 23.8 Å². The van der Waals surface area contributed by atoms with Gasteiger partial charge in [0.05, 0.1) is 12.6 Å². The summed E-state index contributed by atoms with van der Waals surface area (Å²) in [4.78, 5) is 27.0. The van der Waals surface area contributed by atoms with Gasteiger partial charge < -0.3 is 19.8 Å². The standard InChI is InChI=1S/C25H30F3N7O2/c26-25(27,28)24(37)5-6-32(14-24)20-4-3-17(9-29-20)18-10-33(11-18)22(36)34-12-23(13-34)7-19(8-23)35-15-30-21(31-35)16-1-2-16/h3-4,9,15-16,18-19,37H,1-2,5-8,10-14H2. The lowest BCUT2D eigenvalue weighted by Gasteiger charge is -2.60. The monoisotopic (exact) mass is 517 g/mol. The third-order valence-electron chi connectivity index (χ3n) is 9.00. The molecule has 1 unspecified atom stereocenters. The van der Waals surface area contributed by atoms with Crippen LogP contribution in [-0.2, 0) is 0 Å². The van der Waals surface area contributed by atoms with E-state index in [1.807, 2.05) is 26.9 Å². The molecule has 1 atom stereocenters. The molecule has 3 aliphatic heterocycles. The highest BCUT2D eigenvalue weighted by Gasteiger charge is 2.58. The highest BCUT2D eigenvalue weighted by Crippen LogP contribution is 2.54. The number of carbonyl (C=O) groups is 1. The van der Waals surface area contributed by atoms with Gasteiger partial charge in [0.2, 0.25) is 0 Å². The van der Waals surface area contributed by atoms with Gasteiger partial charge in [-0.3, -0.25) is 0 Å². The van der Waals surface area contributed by atoms with Crippen molar-refractivity contribution < 1.29 is 23.1 Å². The number of anilines is 1. The van der Waals surface area contributed by atoms with Gasteiger partial charge in [-0.15, -0.1) is 0 Å². The molecule has 3 saturated heterocycles. The molecule has 9 nitrogen and oxygen atoms in total.